The van der Waals surface area contributed by atoms with E-state index in [0.29, 0.717) is 5.92 Å². The highest BCUT2D eigenvalue weighted by Gasteiger charge is 2.78. The van der Waals surface area contributed by atoms with Gasteiger partial charge in [0, 0.05) is 11.3 Å². The van der Waals surface area contributed by atoms with Gasteiger partial charge in [-0.1, -0.05) is 85.8 Å². The maximum Gasteiger partial charge on any atom is 0.0714 e. The molecule has 1 saturated carbocycles. The van der Waals surface area contributed by atoms with Crippen LogP contribution in [0.5, 0.6) is 0 Å². The molecule has 0 bridgehead atoms. The molecule has 0 radical (unpaired) electrons. The zero-order valence-electron chi connectivity index (χ0n) is 18.9. The average Bonchev–Trinajstić information content (AvgIpc) is 3.55. The minimum atomic E-state index is -0.0560. The number of rotatable bonds is 3. The molecular formula is C30H31N. The number of hydrogen-bond acceptors (Lipinski definition) is 1. The smallest absolute Gasteiger partial charge is 0.0714 e. The number of fused-ring (bicyclic) bond motifs is 6. The van der Waals surface area contributed by atoms with Crippen LogP contribution in [0.4, 0.5) is 0 Å². The van der Waals surface area contributed by atoms with Crippen molar-refractivity contribution >= 4 is 0 Å². The van der Waals surface area contributed by atoms with Gasteiger partial charge in [-0.2, -0.15) is 0 Å². The van der Waals surface area contributed by atoms with Gasteiger partial charge in [0.2, 0.25) is 0 Å². The van der Waals surface area contributed by atoms with Crippen LogP contribution in [0.3, 0.4) is 0 Å². The molecule has 7 rings (SSSR count). The molecule has 1 heteroatoms. The van der Waals surface area contributed by atoms with Crippen LogP contribution >= 0.6 is 0 Å². The van der Waals surface area contributed by atoms with E-state index in [1.165, 1.54) is 47.9 Å². The van der Waals surface area contributed by atoms with Crippen molar-refractivity contribution in [3.05, 3.63) is 107 Å². The number of benzene rings is 2. The Morgan fingerprint density at radius 1 is 0.839 bits per heavy atom. The maximum atomic E-state index is 2.87. The Balaban J connectivity index is 1.43. The molecule has 0 N–H and O–H groups in total. The summed E-state index contributed by atoms with van der Waals surface area (Å²) in [6.45, 7) is 7.44. The zero-order chi connectivity index (χ0) is 21.1. The van der Waals surface area contributed by atoms with Crippen LogP contribution in [0, 0.1) is 11.3 Å². The highest BCUT2D eigenvalue weighted by molar-refractivity contribution is 5.66. The summed E-state index contributed by atoms with van der Waals surface area (Å²) in [5, 5.41) is 0. The van der Waals surface area contributed by atoms with E-state index in [4.69, 9.17) is 0 Å². The third-order valence-electron chi connectivity index (χ3n) is 9.68. The van der Waals surface area contributed by atoms with E-state index in [-0.39, 0.29) is 22.0 Å². The van der Waals surface area contributed by atoms with E-state index in [9.17, 15) is 0 Å². The van der Waals surface area contributed by atoms with Crippen LogP contribution in [0.1, 0.15) is 68.7 Å². The summed E-state index contributed by atoms with van der Waals surface area (Å²) >= 11 is 0. The molecule has 0 spiro atoms. The molecule has 31 heavy (non-hydrogen) atoms. The summed E-state index contributed by atoms with van der Waals surface area (Å²) in [6, 6.07) is 18.5. The Kier molecular flexibility index (Phi) is 3.24. The van der Waals surface area contributed by atoms with Gasteiger partial charge in [-0.15, -0.1) is 0 Å². The van der Waals surface area contributed by atoms with Gasteiger partial charge in [-0.25, -0.2) is 0 Å². The monoisotopic (exact) mass is 405 g/mol. The van der Waals surface area contributed by atoms with Crippen molar-refractivity contribution in [2.75, 3.05) is 0 Å². The summed E-state index contributed by atoms with van der Waals surface area (Å²) in [6.07, 6.45) is 17.5. The van der Waals surface area contributed by atoms with Crippen molar-refractivity contribution in [3.63, 3.8) is 0 Å². The molecule has 0 amide bonds. The minimum absolute atomic E-state index is 0.0202. The fraction of sp³-hybridized carbons (Fsp3) is 0.400. The predicted molar refractivity (Wildman–Crippen MR) is 127 cm³/mol. The van der Waals surface area contributed by atoms with Crippen LogP contribution in [-0.2, 0) is 16.6 Å². The van der Waals surface area contributed by atoms with Crippen LogP contribution in [0.15, 0.2) is 84.5 Å². The first-order valence-corrected chi connectivity index (χ1v) is 12.1. The molecule has 2 aromatic carbocycles. The average molecular weight is 406 g/mol. The van der Waals surface area contributed by atoms with Crippen LogP contribution < -0.4 is 0 Å². The molecule has 2 aliphatic carbocycles. The summed E-state index contributed by atoms with van der Waals surface area (Å²) < 4.78 is 0. The fourth-order valence-electron chi connectivity index (χ4n) is 7.93. The Hall–Kier alpha value is -2.38. The van der Waals surface area contributed by atoms with Gasteiger partial charge in [0.15, 0.2) is 0 Å². The molecule has 0 unspecified atom stereocenters. The second-order valence-electron chi connectivity index (χ2n) is 10.8. The zero-order valence-corrected chi connectivity index (χ0v) is 18.9. The second kappa shape index (κ2) is 5.51. The predicted octanol–water partition coefficient (Wildman–Crippen LogP) is 6.95. The van der Waals surface area contributed by atoms with Crippen molar-refractivity contribution in [1.29, 1.82) is 0 Å². The van der Waals surface area contributed by atoms with Crippen LogP contribution in [-0.4, -0.2) is 4.90 Å². The van der Waals surface area contributed by atoms with Crippen molar-refractivity contribution in [3.8, 4) is 0 Å². The van der Waals surface area contributed by atoms with Gasteiger partial charge in [0.1, 0.15) is 0 Å². The van der Waals surface area contributed by atoms with Gasteiger partial charge in [-0.05, 0) is 67.4 Å². The summed E-state index contributed by atoms with van der Waals surface area (Å²) in [5.74, 6) is 0.523. The van der Waals surface area contributed by atoms with E-state index in [1.807, 2.05) is 0 Å². The molecule has 4 atom stereocenters. The van der Waals surface area contributed by atoms with E-state index in [1.54, 1.807) is 5.57 Å². The van der Waals surface area contributed by atoms with Crippen molar-refractivity contribution in [1.82, 2.24) is 4.90 Å². The second-order valence-corrected chi connectivity index (χ2v) is 10.8. The van der Waals surface area contributed by atoms with E-state index in [0.717, 1.165) is 0 Å². The molecule has 0 aromatic heterocycles. The SMILES string of the molecule is C[C@H]1[C@]2(C)c3ccccc3[C@]3(C)c4ccccc4[C@@]1(C=CC1(C4=CCCC=C4)CC1)N32. The Morgan fingerprint density at radius 3 is 2.13 bits per heavy atom. The van der Waals surface area contributed by atoms with E-state index >= 15 is 0 Å². The van der Waals surface area contributed by atoms with Crippen LogP contribution in [0.2, 0.25) is 0 Å². The lowest BCUT2D eigenvalue weighted by atomic mass is 9.58. The van der Waals surface area contributed by atoms with Gasteiger partial charge in [-0.3, -0.25) is 4.90 Å². The number of allylic oxidation sites excluding steroid dienone is 5. The van der Waals surface area contributed by atoms with E-state index < -0.39 is 0 Å². The standard InChI is InChI=1S/C30H31N/c1-21-27(2)23-13-7-8-14-24(23)28(3)25-15-9-10-16-26(25)30(21,31(27)28)20-19-29(17-18-29)22-11-5-4-6-12-22/h5,7-16,19-21H,4,6,17-18H2,1-3H3/t21-,27+,28+,30-/m0/s1. The third-order valence-corrected chi connectivity index (χ3v) is 9.68. The van der Waals surface area contributed by atoms with Crippen molar-refractivity contribution in [2.24, 2.45) is 11.3 Å². The summed E-state index contributed by atoms with van der Waals surface area (Å²) in [7, 11) is 0. The van der Waals surface area contributed by atoms with Crippen LogP contribution in [0.25, 0.3) is 0 Å². The van der Waals surface area contributed by atoms with Gasteiger partial charge in [0.05, 0.1) is 16.6 Å². The highest BCUT2D eigenvalue weighted by Crippen LogP contribution is 2.76. The first-order valence-electron chi connectivity index (χ1n) is 12.1. The lowest BCUT2D eigenvalue weighted by molar-refractivity contribution is -0.193. The topological polar surface area (TPSA) is 3.24 Å². The maximum absolute atomic E-state index is 2.87. The number of hydrogen-bond donors (Lipinski definition) is 0. The normalized spacial score (nSPS) is 38.4. The minimum Gasteiger partial charge on any atom is -0.266 e. The van der Waals surface area contributed by atoms with Crippen molar-refractivity contribution < 1.29 is 0 Å². The molecule has 1 saturated heterocycles. The van der Waals surface area contributed by atoms with Gasteiger partial charge < -0.3 is 0 Å². The molecule has 2 fully saturated rings. The Morgan fingerprint density at radius 2 is 1.48 bits per heavy atom. The molecule has 1 nitrogen and oxygen atoms in total. The summed E-state index contributed by atoms with van der Waals surface area (Å²) in [5.41, 5.74) is 7.89. The fourth-order valence-corrected chi connectivity index (χ4v) is 7.93. The third kappa shape index (κ3) is 1.83. The largest absolute Gasteiger partial charge is 0.266 e. The molecular weight excluding hydrogens is 374 g/mol. The summed E-state index contributed by atoms with van der Waals surface area (Å²) in [4.78, 5) is 2.87. The number of nitrogens with zero attached hydrogens (tertiary/aromatic N) is 1. The Bertz CT molecular complexity index is 1210. The van der Waals surface area contributed by atoms with Gasteiger partial charge >= 0.3 is 0 Å². The van der Waals surface area contributed by atoms with E-state index in [2.05, 4.69) is 105 Å². The first kappa shape index (κ1) is 18.2. The van der Waals surface area contributed by atoms with Gasteiger partial charge in [0.25, 0.3) is 0 Å². The first-order chi connectivity index (χ1) is 15.0. The molecule has 156 valence electrons. The molecule has 3 heterocycles. The van der Waals surface area contributed by atoms with Crippen molar-refractivity contribution in [2.45, 2.75) is 63.1 Å². The molecule has 5 aliphatic rings. The lowest BCUT2D eigenvalue weighted by Crippen LogP contribution is -2.72. The highest BCUT2D eigenvalue weighted by atomic mass is 15.4. The molecule has 2 aromatic rings. The quantitative estimate of drug-likeness (QED) is 0.499. The lowest BCUT2D eigenvalue weighted by Gasteiger charge is -2.66. The molecule has 3 aliphatic heterocycles. The Labute approximate surface area is 186 Å².